The van der Waals surface area contributed by atoms with Crippen LogP contribution in [0.2, 0.25) is 0 Å². The Balaban J connectivity index is 3.15. The first-order chi connectivity index (χ1) is 10.8. The van der Waals surface area contributed by atoms with E-state index in [9.17, 15) is 4.79 Å². The fourth-order valence-corrected chi connectivity index (χ4v) is 2.33. The molecule has 0 saturated heterocycles. The van der Waals surface area contributed by atoms with E-state index < -0.39 is 5.97 Å². The summed E-state index contributed by atoms with van der Waals surface area (Å²) >= 11 is 0. The number of carbonyl (C=O) groups is 1. The summed E-state index contributed by atoms with van der Waals surface area (Å²) in [5.74, 6) is -0.870. The number of carboxylic acids is 1. The van der Waals surface area contributed by atoms with E-state index in [1.807, 2.05) is 6.08 Å². The lowest BCUT2D eigenvalue weighted by molar-refractivity contribution is -0.131. The maximum absolute atomic E-state index is 10.2. The number of carboxylic acid groups (broad SMARTS) is 1. The summed E-state index contributed by atoms with van der Waals surface area (Å²) in [7, 11) is 0. The van der Waals surface area contributed by atoms with Crippen LogP contribution in [0, 0.1) is 0 Å². The highest BCUT2D eigenvalue weighted by atomic mass is 16.4. The van der Waals surface area contributed by atoms with Gasteiger partial charge >= 0.3 is 5.97 Å². The molecule has 2 nitrogen and oxygen atoms in total. The molecule has 0 spiro atoms. The molecule has 0 aromatic rings. The van der Waals surface area contributed by atoms with Crippen molar-refractivity contribution in [1.82, 2.24) is 0 Å². The zero-order valence-electron chi connectivity index (χ0n) is 14.3. The van der Waals surface area contributed by atoms with Crippen LogP contribution in [0.25, 0.3) is 0 Å². The van der Waals surface area contributed by atoms with E-state index in [1.54, 1.807) is 6.08 Å². The molecule has 0 aromatic heterocycles. The van der Waals surface area contributed by atoms with Gasteiger partial charge in [0.05, 0.1) is 0 Å². The SMILES string of the molecule is CC/C=C/CCCCCCCCCC/C=C/C/C=C/C(=O)O. The first kappa shape index (κ1) is 20.7. The summed E-state index contributed by atoms with van der Waals surface area (Å²) < 4.78 is 0. The second-order valence-corrected chi connectivity index (χ2v) is 5.73. The Bertz CT molecular complexity index is 327. The van der Waals surface area contributed by atoms with Crippen LogP contribution >= 0.6 is 0 Å². The van der Waals surface area contributed by atoms with E-state index in [4.69, 9.17) is 5.11 Å². The summed E-state index contributed by atoms with van der Waals surface area (Å²) in [5, 5.41) is 8.43. The zero-order valence-corrected chi connectivity index (χ0v) is 14.3. The average molecular weight is 306 g/mol. The summed E-state index contributed by atoms with van der Waals surface area (Å²) in [6, 6.07) is 0. The van der Waals surface area contributed by atoms with Crippen LogP contribution in [0.3, 0.4) is 0 Å². The zero-order chi connectivity index (χ0) is 16.3. The number of aliphatic carboxylic acids is 1. The van der Waals surface area contributed by atoms with Gasteiger partial charge in [-0.2, -0.15) is 0 Å². The van der Waals surface area contributed by atoms with Crippen LogP contribution in [-0.4, -0.2) is 11.1 Å². The van der Waals surface area contributed by atoms with Gasteiger partial charge in [-0.3, -0.25) is 0 Å². The number of rotatable bonds is 15. The fraction of sp³-hybridized carbons (Fsp3) is 0.650. The van der Waals surface area contributed by atoms with Gasteiger partial charge in [-0.05, 0) is 38.5 Å². The highest BCUT2D eigenvalue weighted by Crippen LogP contribution is 2.11. The molecule has 0 amide bonds. The first-order valence-electron chi connectivity index (χ1n) is 8.96. The van der Waals surface area contributed by atoms with Gasteiger partial charge in [0.25, 0.3) is 0 Å². The van der Waals surface area contributed by atoms with Crippen molar-refractivity contribution in [3.05, 3.63) is 36.5 Å². The van der Waals surface area contributed by atoms with Crippen molar-refractivity contribution in [3.63, 3.8) is 0 Å². The largest absolute Gasteiger partial charge is 0.478 e. The predicted molar refractivity (Wildman–Crippen MR) is 96.1 cm³/mol. The molecule has 0 bridgehead atoms. The number of hydrogen-bond acceptors (Lipinski definition) is 1. The van der Waals surface area contributed by atoms with E-state index >= 15 is 0 Å². The van der Waals surface area contributed by atoms with Crippen molar-refractivity contribution in [1.29, 1.82) is 0 Å². The molecule has 0 saturated carbocycles. The molecule has 0 aromatic carbocycles. The molecule has 2 heteroatoms. The molecule has 0 heterocycles. The summed E-state index contributed by atoms with van der Waals surface area (Å²) in [4.78, 5) is 10.2. The standard InChI is InChI=1S/C20H34O2/c1-2-3-4-5-6-7-8-9-10-11-12-13-14-15-16-17-18-19-20(21)22/h3-4,15-16,18-19H,2,5-14,17H2,1H3,(H,21,22)/b4-3+,16-15+,19-18+. The van der Waals surface area contributed by atoms with Gasteiger partial charge in [0.1, 0.15) is 0 Å². The van der Waals surface area contributed by atoms with E-state index in [1.165, 1.54) is 63.9 Å². The predicted octanol–water partition coefficient (Wildman–Crippen LogP) is 6.44. The third-order valence-corrected chi connectivity index (χ3v) is 3.59. The van der Waals surface area contributed by atoms with Gasteiger partial charge in [-0.25, -0.2) is 4.79 Å². The van der Waals surface area contributed by atoms with Crippen molar-refractivity contribution >= 4 is 5.97 Å². The van der Waals surface area contributed by atoms with Crippen molar-refractivity contribution in [2.75, 3.05) is 0 Å². The molecular formula is C20H34O2. The third-order valence-electron chi connectivity index (χ3n) is 3.59. The lowest BCUT2D eigenvalue weighted by atomic mass is 10.1. The Kier molecular flexibility index (Phi) is 16.7. The molecule has 0 aliphatic carbocycles. The van der Waals surface area contributed by atoms with Gasteiger partial charge in [0.2, 0.25) is 0 Å². The lowest BCUT2D eigenvalue weighted by Gasteiger charge is -2.00. The van der Waals surface area contributed by atoms with Gasteiger partial charge in [0.15, 0.2) is 0 Å². The molecule has 0 aliphatic heterocycles. The molecular weight excluding hydrogens is 272 g/mol. The van der Waals surface area contributed by atoms with E-state index in [-0.39, 0.29) is 0 Å². The number of allylic oxidation sites excluding steroid dienone is 5. The Morgan fingerprint density at radius 1 is 0.727 bits per heavy atom. The first-order valence-corrected chi connectivity index (χ1v) is 8.96. The molecule has 0 fully saturated rings. The van der Waals surface area contributed by atoms with Crippen LogP contribution in [-0.2, 0) is 4.79 Å². The minimum absolute atomic E-state index is 0.722. The highest BCUT2D eigenvalue weighted by molar-refractivity contribution is 5.79. The normalized spacial score (nSPS) is 12.0. The molecule has 0 aliphatic rings. The van der Waals surface area contributed by atoms with Gasteiger partial charge in [-0.15, -0.1) is 0 Å². The van der Waals surface area contributed by atoms with Crippen LogP contribution in [0.15, 0.2) is 36.5 Å². The Labute approximate surface area is 137 Å². The van der Waals surface area contributed by atoms with Crippen LogP contribution in [0.1, 0.15) is 84.0 Å². The average Bonchev–Trinajstić information content (AvgIpc) is 2.50. The Hall–Kier alpha value is -1.31. The Morgan fingerprint density at radius 3 is 1.73 bits per heavy atom. The van der Waals surface area contributed by atoms with E-state index in [2.05, 4.69) is 25.2 Å². The number of hydrogen-bond donors (Lipinski definition) is 1. The van der Waals surface area contributed by atoms with Gasteiger partial charge in [-0.1, -0.05) is 75.8 Å². The molecule has 0 radical (unpaired) electrons. The van der Waals surface area contributed by atoms with E-state index in [0.717, 1.165) is 19.3 Å². The monoisotopic (exact) mass is 306 g/mol. The van der Waals surface area contributed by atoms with Gasteiger partial charge in [0, 0.05) is 6.08 Å². The summed E-state index contributed by atoms with van der Waals surface area (Å²) in [5.41, 5.74) is 0. The van der Waals surface area contributed by atoms with Crippen molar-refractivity contribution in [3.8, 4) is 0 Å². The topological polar surface area (TPSA) is 37.3 Å². The van der Waals surface area contributed by atoms with Crippen LogP contribution < -0.4 is 0 Å². The third kappa shape index (κ3) is 18.7. The summed E-state index contributed by atoms with van der Waals surface area (Å²) in [6.07, 6.45) is 26.7. The molecule has 0 rings (SSSR count). The van der Waals surface area contributed by atoms with Crippen molar-refractivity contribution < 1.29 is 9.90 Å². The maximum Gasteiger partial charge on any atom is 0.327 e. The van der Waals surface area contributed by atoms with Crippen LogP contribution in [0.4, 0.5) is 0 Å². The Morgan fingerprint density at radius 2 is 1.23 bits per heavy atom. The van der Waals surface area contributed by atoms with Crippen LogP contribution in [0.5, 0.6) is 0 Å². The second-order valence-electron chi connectivity index (χ2n) is 5.73. The quantitative estimate of drug-likeness (QED) is 0.215. The smallest absolute Gasteiger partial charge is 0.327 e. The molecule has 0 atom stereocenters. The van der Waals surface area contributed by atoms with Crippen molar-refractivity contribution in [2.45, 2.75) is 84.0 Å². The molecule has 0 unspecified atom stereocenters. The molecule has 126 valence electrons. The molecule has 22 heavy (non-hydrogen) atoms. The van der Waals surface area contributed by atoms with Crippen molar-refractivity contribution in [2.24, 2.45) is 0 Å². The number of unbranched alkanes of at least 4 members (excludes halogenated alkanes) is 9. The second kappa shape index (κ2) is 17.7. The maximum atomic E-state index is 10.2. The lowest BCUT2D eigenvalue weighted by Crippen LogP contribution is -1.84. The summed E-state index contributed by atoms with van der Waals surface area (Å²) in [6.45, 7) is 2.18. The minimum atomic E-state index is -0.870. The van der Waals surface area contributed by atoms with E-state index in [0.29, 0.717) is 0 Å². The highest BCUT2D eigenvalue weighted by Gasteiger charge is 1.91. The molecule has 1 N–H and O–H groups in total. The minimum Gasteiger partial charge on any atom is -0.478 e. The van der Waals surface area contributed by atoms with Gasteiger partial charge < -0.3 is 5.11 Å². The fourth-order valence-electron chi connectivity index (χ4n) is 2.33.